The average molecular weight is 110 g/mol. The Kier molecular flexibility index (Phi) is 3.76. The molecule has 0 aliphatic carbocycles. The molecule has 2 heteroatoms. The summed E-state index contributed by atoms with van der Waals surface area (Å²) in [4.78, 5) is 3.85. The molecule has 0 amide bonds. The molecule has 0 aromatic carbocycles. The molecule has 0 heterocycles. The molecule has 0 aromatic rings. The van der Waals surface area contributed by atoms with Crippen molar-refractivity contribution >= 4 is 11.9 Å². The van der Waals surface area contributed by atoms with Gasteiger partial charge in [0.05, 0.1) is 5.71 Å². The molecule has 0 aromatic heterocycles. The van der Waals surface area contributed by atoms with Crippen LogP contribution in [0.1, 0.15) is 13.8 Å². The maximum Gasteiger partial charge on any atom is 0.0547 e. The second kappa shape index (κ2) is 4.24. The lowest BCUT2D eigenvalue weighted by atomic mass is 10.5. The summed E-state index contributed by atoms with van der Waals surface area (Å²) in [5.74, 6) is 0. The van der Waals surface area contributed by atoms with Gasteiger partial charge >= 0.3 is 0 Å². The van der Waals surface area contributed by atoms with Crippen LogP contribution < -0.4 is 0 Å². The zero-order valence-corrected chi connectivity index (χ0v) is 5.18. The zero-order valence-electron chi connectivity index (χ0n) is 5.18. The Labute approximate surface area is 49.5 Å². The number of rotatable bonds is 2. The molecule has 0 atom stereocenters. The Morgan fingerprint density at radius 1 is 1.62 bits per heavy atom. The van der Waals surface area contributed by atoms with Gasteiger partial charge in [0.25, 0.3) is 0 Å². The third kappa shape index (κ3) is 3.28. The van der Waals surface area contributed by atoms with Crippen molar-refractivity contribution in [2.75, 3.05) is 0 Å². The lowest BCUT2D eigenvalue weighted by Crippen LogP contribution is -1.87. The van der Waals surface area contributed by atoms with Gasteiger partial charge in [-0.15, -0.1) is 0 Å². The van der Waals surface area contributed by atoms with Crippen molar-refractivity contribution in [2.24, 2.45) is 4.99 Å². The maximum atomic E-state index is 6.70. The third-order valence-corrected chi connectivity index (χ3v) is 0.636. The van der Waals surface area contributed by atoms with Gasteiger partial charge in [-0.25, -0.2) is 0 Å². The summed E-state index contributed by atoms with van der Waals surface area (Å²) in [5, 5.41) is 6.70. The van der Waals surface area contributed by atoms with Gasteiger partial charge in [0, 0.05) is 12.4 Å². The number of hydrogen-bond donors (Lipinski definition) is 1. The predicted molar refractivity (Wildman–Crippen MR) is 36.7 cm³/mol. The lowest BCUT2D eigenvalue weighted by molar-refractivity contribution is 1.50. The molecule has 0 fully saturated rings. The Morgan fingerprint density at radius 2 is 2.25 bits per heavy atom. The van der Waals surface area contributed by atoms with E-state index in [1.54, 1.807) is 13.1 Å². The van der Waals surface area contributed by atoms with Crippen LogP contribution in [0.4, 0.5) is 0 Å². The molecule has 0 bridgehead atoms. The van der Waals surface area contributed by atoms with Crippen LogP contribution in [-0.4, -0.2) is 11.9 Å². The summed E-state index contributed by atoms with van der Waals surface area (Å²) in [6, 6.07) is 0. The van der Waals surface area contributed by atoms with Gasteiger partial charge in [-0.2, -0.15) is 0 Å². The van der Waals surface area contributed by atoms with E-state index in [0.29, 0.717) is 0 Å². The quantitative estimate of drug-likeness (QED) is 0.524. The molecule has 0 saturated carbocycles. The minimum Gasteiger partial charge on any atom is -0.307 e. The molecule has 0 radical (unpaired) electrons. The molecule has 8 heavy (non-hydrogen) atoms. The zero-order chi connectivity index (χ0) is 6.41. The molecule has 1 N–H and O–H groups in total. The van der Waals surface area contributed by atoms with Gasteiger partial charge in [0.15, 0.2) is 0 Å². The normalized spacial score (nSPS) is 12.5. The highest BCUT2D eigenvalue weighted by Crippen LogP contribution is 1.74. The van der Waals surface area contributed by atoms with Gasteiger partial charge in [-0.1, -0.05) is 6.08 Å². The highest BCUT2D eigenvalue weighted by atomic mass is 14.7. The second-order valence-corrected chi connectivity index (χ2v) is 1.40. The molecular weight excluding hydrogens is 100 g/mol. The maximum absolute atomic E-state index is 6.70. The van der Waals surface area contributed by atoms with E-state index in [-0.39, 0.29) is 0 Å². The Morgan fingerprint density at radius 3 is 2.62 bits per heavy atom. The first-order valence-electron chi connectivity index (χ1n) is 2.47. The first kappa shape index (κ1) is 7.08. The van der Waals surface area contributed by atoms with Crippen molar-refractivity contribution < 1.29 is 0 Å². The molecule has 0 saturated heterocycles. The first-order chi connectivity index (χ1) is 3.81. The standard InChI is InChI=1S/C6H10N2/c1-3-4-8-6(2)5-7/h3-5,7H,1-2H3/b4-3?,7-5?,8-6-. The molecule has 0 spiro atoms. The summed E-state index contributed by atoms with van der Waals surface area (Å²) in [6.07, 6.45) is 4.72. The summed E-state index contributed by atoms with van der Waals surface area (Å²) in [7, 11) is 0. The Balaban J connectivity index is 3.74. The van der Waals surface area contributed by atoms with E-state index in [1.807, 2.05) is 13.0 Å². The molecular formula is C6H10N2. The molecule has 0 rings (SSSR count). The van der Waals surface area contributed by atoms with E-state index in [4.69, 9.17) is 5.41 Å². The minimum absolute atomic E-state index is 0.725. The summed E-state index contributed by atoms with van der Waals surface area (Å²) in [6.45, 7) is 3.67. The van der Waals surface area contributed by atoms with Crippen molar-refractivity contribution in [1.82, 2.24) is 0 Å². The van der Waals surface area contributed by atoms with Crippen LogP contribution in [0.5, 0.6) is 0 Å². The monoisotopic (exact) mass is 110 g/mol. The van der Waals surface area contributed by atoms with Crippen molar-refractivity contribution in [2.45, 2.75) is 13.8 Å². The average Bonchev–Trinajstić information content (AvgIpc) is 1.83. The number of nitrogens with one attached hydrogen (secondary N) is 1. The van der Waals surface area contributed by atoms with Crippen molar-refractivity contribution in [3.8, 4) is 0 Å². The molecule has 0 aliphatic rings. The summed E-state index contributed by atoms with van der Waals surface area (Å²) in [5.41, 5.74) is 0.725. The molecule has 0 unspecified atom stereocenters. The molecule has 44 valence electrons. The van der Waals surface area contributed by atoms with Gasteiger partial charge in [-0.3, -0.25) is 4.99 Å². The van der Waals surface area contributed by atoms with Crippen LogP contribution in [0.3, 0.4) is 0 Å². The Bertz CT molecular complexity index is 122. The van der Waals surface area contributed by atoms with E-state index in [0.717, 1.165) is 5.71 Å². The van der Waals surface area contributed by atoms with Gasteiger partial charge in [-0.05, 0) is 13.8 Å². The van der Waals surface area contributed by atoms with Crippen LogP contribution in [0.25, 0.3) is 0 Å². The van der Waals surface area contributed by atoms with Crippen LogP contribution in [0.2, 0.25) is 0 Å². The Hall–Kier alpha value is -0.920. The third-order valence-electron chi connectivity index (χ3n) is 0.636. The molecule has 0 aliphatic heterocycles. The number of aliphatic imine (C=N–C) groups is 1. The highest BCUT2D eigenvalue weighted by molar-refractivity contribution is 6.28. The van der Waals surface area contributed by atoms with E-state index < -0.39 is 0 Å². The van der Waals surface area contributed by atoms with Gasteiger partial charge in [0.1, 0.15) is 0 Å². The number of hydrogen-bond acceptors (Lipinski definition) is 2. The number of nitrogens with zero attached hydrogens (tertiary/aromatic N) is 1. The second-order valence-electron chi connectivity index (χ2n) is 1.40. The van der Waals surface area contributed by atoms with E-state index in [1.165, 1.54) is 6.21 Å². The minimum atomic E-state index is 0.725. The summed E-state index contributed by atoms with van der Waals surface area (Å²) < 4.78 is 0. The van der Waals surface area contributed by atoms with E-state index in [9.17, 15) is 0 Å². The smallest absolute Gasteiger partial charge is 0.0547 e. The summed E-state index contributed by atoms with van der Waals surface area (Å²) >= 11 is 0. The van der Waals surface area contributed by atoms with E-state index >= 15 is 0 Å². The van der Waals surface area contributed by atoms with Crippen LogP contribution in [-0.2, 0) is 0 Å². The van der Waals surface area contributed by atoms with Crippen LogP contribution in [0.15, 0.2) is 17.3 Å². The SMILES string of the molecule is CC=C/N=C(/C)C=N. The lowest BCUT2D eigenvalue weighted by Gasteiger charge is -1.79. The van der Waals surface area contributed by atoms with Crippen molar-refractivity contribution in [3.05, 3.63) is 12.3 Å². The fourth-order valence-corrected chi connectivity index (χ4v) is 0.229. The predicted octanol–water partition coefficient (Wildman–Crippen LogP) is 1.63. The first-order valence-corrected chi connectivity index (χ1v) is 2.47. The van der Waals surface area contributed by atoms with Crippen LogP contribution in [0, 0.1) is 5.41 Å². The van der Waals surface area contributed by atoms with Crippen molar-refractivity contribution in [3.63, 3.8) is 0 Å². The van der Waals surface area contributed by atoms with Crippen LogP contribution >= 0.6 is 0 Å². The fourth-order valence-electron chi connectivity index (χ4n) is 0.229. The van der Waals surface area contributed by atoms with Crippen molar-refractivity contribution in [1.29, 1.82) is 5.41 Å². The topological polar surface area (TPSA) is 36.2 Å². The van der Waals surface area contributed by atoms with Gasteiger partial charge < -0.3 is 5.41 Å². The largest absolute Gasteiger partial charge is 0.307 e. The van der Waals surface area contributed by atoms with Gasteiger partial charge in [0.2, 0.25) is 0 Å². The highest BCUT2D eigenvalue weighted by Gasteiger charge is 1.73. The number of allylic oxidation sites excluding steroid dienone is 1. The molecule has 2 nitrogen and oxygen atoms in total. The van der Waals surface area contributed by atoms with E-state index in [2.05, 4.69) is 4.99 Å². The fraction of sp³-hybridized carbons (Fsp3) is 0.333.